The first-order valence-corrected chi connectivity index (χ1v) is 6.52. The van der Waals surface area contributed by atoms with Gasteiger partial charge in [-0.2, -0.15) is 5.10 Å². The molecule has 1 unspecified atom stereocenters. The van der Waals surface area contributed by atoms with Crippen molar-refractivity contribution in [3.8, 4) is 11.3 Å². The van der Waals surface area contributed by atoms with Crippen LogP contribution in [0.3, 0.4) is 0 Å². The first kappa shape index (κ1) is 12.2. The molecule has 0 aliphatic rings. The van der Waals surface area contributed by atoms with Crippen molar-refractivity contribution in [1.29, 1.82) is 0 Å². The van der Waals surface area contributed by atoms with Crippen molar-refractivity contribution >= 4 is 21.6 Å². The van der Waals surface area contributed by atoms with Crippen LogP contribution in [0, 0.1) is 0 Å². The van der Waals surface area contributed by atoms with Crippen LogP contribution in [0.2, 0.25) is 0 Å². The zero-order valence-electron chi connectivity index (χ0n) is 10.0. The molecule has 0 saturated heterocycles. The lowest BCUT2D eigenvalue weighted by atomic mass is 10.1. The highest BCUT2D eigenvalue weighted by Gasteiger charge is 2.13. The van der Waals surface area contributed by atoms with Crippen molar-refractivity contribution in [2.75, 3.05) is 5.73 Å². The summed E-state index contributed by atoms with van der Waals surface area (Å²) in [4.78, 5) is 0. The van der Waals surface area contributed by atoms with Crippen LogP contribution in [0.15, 0.2) is 34.9 Å². The Morgan fingerprint density at radius 3 is 2.76 bits per heavy atom. The summed E-state index contributed by atoms with van der Waals surface area (Å²) in [6.45, 7) is 4.27. The Morgan fingerprint density at radius 1 is 1.41 bits per heavy atom. The van der Waals surface area contributed by atoms with Gasteiger partial charge in [-0.25, -0.2) is 0 Å². The minimum Gasteiger partial charge on any atom is -0.396 e. The molecule has 3 nitrogen and oxygen atoms in total. The molecule has 90 valence electrons. The predicted octanol–water partition coefficient (Wildman–Crippen LogP) is 3.87. The van der Waals surface area contributed by atoms with Gasteiger partial charge in [0.15, 0.2) is 0 Å². The van der Waals surface area contributed by atoms with E-state index in [1.807, 2.05) is 35.1 Å². The van der Waals surface area contributed by atoms with Gasteiger partial charge in [-0.05, 0) is 19.4 Å². The van der Waals surface area contributed by atoms with Gasteiger partial charge in [-0.1, -0.05) is 41.1 Å². The van der Waals surface area contributed by atoms with Gasteiger partial charge in [-0.15, -0.1) is 0 Å². The maximum Gasteiger partial charge on any atom is 0.116 e. The van der Waals surface area contributed by atoms with E-state index in [2.05, 4.69) is 34.9 Å². The Bertz CT molecular complexity index is 519. The number of nitrogens with two attached hydrogens (primary N) is 1. The van der Waals surface area contributed by atoms with Crippen molar-refractivity contribution in [3.05, 3.63) is 34.9 Å². The number of anilines is 1. The predicted molar refractivity (Wildman–Crippen MR) is 74.8 cm³/mol. The third-order valence-electron chi connectivity index (χ3n) is 2.93. The van der Waals surface area contributed by atoms with Crippen molar-refractivity contribution in [3.63, 3.8) is 0 Å². The molecule has 0 saturated carbocycles. The van der Waals surface area contributed by atoms with Crippen LogP contribution in [0.25, 0.3) is 11.3 Å². The van der Waals surface area contributed by atoms with E-state index in [0.717, 1.165) is 27.8 Å². The SMILES string of the molecule is CCC(C)n1cc(N)c(-c2ccccc2Br)n1. The van der Waals surface area contributed by atoms with Crippen LogP contribution in [-0.2, 0) is 0 Å². The highest BCUT2D eigenvalue weighted by molar-refractivity contribution is 9.10. The summed E-state index contributed by atoms with van der Waals surface area (Å²) in [5, 5.41) is 4.57. The number of halogens is 1. The van der Waals surface area contributed by atoms with Gasteiger partial charge in [0.2, 0.25) is 0 Å². The molecule has 1 heterocycles. The van der Waals surface area contributed by atoms with E-state index in [9.17, 15) is 0 Å². The number of nitrogens with zero attached hydrogens (tertiary/aromatic N) is 2. The van der Waals surface area contributed by atoms with Gasteiger partial charge in [0, 0.05) is 22.3 Å². The molecule has 1 aromatic heterocycles. The summed E-state index contributed by atoms with van der Waals surface area (Å²) in [5.74, 6) is 0. The van der Waals surface area contributed by atoms with E-state index in [1.165, 1.54) is 0 Å². The molecule has 0 aliphatic heterocycles. The number of rotatable bonds is 3. The Labute approximate surface area is 110 Å². The molecule has 0 fully saturated rings. The summed E-state index contributed by atoms with van der Waals surface area (Å²) in [7, 11) is 0. The molecule has 2 N–H and O–H groups in total. The molecule has 17 heavy (non-hydrogen) atoms. The third kappa shape index (κ3) is 2.36. The third-order valence-corrected chi connectivity index (χ3v) is 3.62. The standard InChI is InChI=1S/C13H16BrN3/c1-3-9(2)17-8-12(15)13(16-17)10-6-4-5-7-11(10)14/h4-9H,3,15H2,1-2H3. The molecule has 0 amide bonds. The summed E-state index contributed by atoms with van der Waals surface area (Å²) in [6.07, 6.45) is 2.94. The second-order valence-corrected chi connectivity index (χ2v) is 5.00. The molecule has 1 atom stereocenters. The molecule has 2 rings (SSSR count). The normalized spacial score (nSPS) is 12.6. The first-order chi connectivity index (χ1) is 8.13. The molecule has 0 bridgehead atoms. The average molecular weight is 294 g/mol. The Balaban J connectivity index is 2.47. The largest absolute Gasteiger partial charge is 0.396 e. The van der Waals surface area contributed by atoms with Crippen LogP contribution in [-0.4, -0.2) is 9.78 Å². The minimum atomic E-state index is 0.369. The number of hydrogen-bond acceptors (Lipinski definition) is 2. The van der Waals surface area contributed by atoms with Crippen molar-refractivity contribution in [1.82, 2.24) is 9.78 Å². The van der Waals surface area contributed by atoms with Crippen molar-refractivity contribution < 1.29 is 0 Å². The minimum absolute atomic E-state index is 0.369. The van der Waals surface area contributed by atoms with Gasteiger partial charge < -0.3 is 5.73 Å². The summed E-state index contributed by atoms with van der Waals surface area (Å²) < 4.78 is 2.95. The van der Waals surface area contributed by atoms with E-state index >= 15 is 0 Å². The Kier molecular flexibility index (Phi) is 3.52. The Hall–Kier alpha value is -1.29. The fourth-order valence-electron chi connectivity index (χ4n) is 1.68. The molecule has 2 aromatic rings. The lowest BCUT2D eigenvalue weighted by Gasteiger charge is -2.08. The first-order valence-electron chi connectivity index (χ1n) is 5.73. The molecule has 4 heteroatoms. The number of benzene rings is 1. The van der Waals surface area contributed by atoms with E-state index in [-0.39, 0.29) is 0 Å². The summed E-state index contributed by atoms with van der Waals surface area (Å²) in [6, 6.07) is 8.35. The topological polar surface area (TPSA) is 43.8 Å². The van der Waals surface area contributed by atoms with Gasteiger partial charge in [0.25, 0.3) is 0 Å². The van der Waals surface area contributed by atoms with Crippen LogP contribution >= 0.6 is 15.9 Å². The van der Waals surface area contributed by atoms with Crippen molar-refractivity contribution in [2.24, 2.45) is 0 Å². The van der Waals surface area contributed by atoms with Gasteiger partial charge in [-0.3, -0.25) is 4.68 Å². The highest BCUT2D eigenvalue weighted by Crippen LogP contribution is 2.31. The van der Waals surface area contributed by atoms with Crippen LogP contribution in [0.5, 0.6) is 0 Å². The monoisotopic (exact) mass is 293 g/mol. The fourth-order valence-corrected chi connectivity index (χ4v) is 2.15. The van der Waals surface area contributed by atoms with Crippen LogP contribution in [0.1, 0.15) is 26.3 Å². The van der Waals surface area contributed by atoms with Crippen molar-refractivity contribution in [2.45, 2.75) is 26.3 Å². The molecule has 0 aliphatic carbocycles. The van der Waals surface area contributed by atoms with Gasteiger partial charge in [0.1, 0.15) is 5.69 Å². The van der Waals surface area contributed by atoms with E-state index < -0.39 is 0 Å². The summed E-state index contributed by atoms with van der Waals surface area (Å²) in [5.41, 5.74) is 8.63. The van der Waals surface area contributed by atoms with E-state index in [0.29, 0.717) is 6.04 Å². The molecule has 1 aromatic carbocycles. The molecular weight excluding hydrogens is 278 g/mol. The lowest BCUT2D eigenvalue weighted by Crippen LogP contribution is -2.04. The van der Waals surface area contributed by atoms with E-state index in [1.54, 1.807) is 0 Å². The average Bonchev–Trinajstić information content (AvgIpc) is 2.71. The zero-order chi connectivity index (χ0) is 12.4. The number of nitrogen functional groups attached to an aromatic ring is 1. The van der Waals surface area contributed by atoms with Gasteiger partial charge in [0.05, 0.1) is 5.69 Å². The maximum absolute atomic E-state index is 6.03. The zero-order valence-corrected chi connectivity index (χ0v) is 11.6. The van der Waals surface area contributed by atoms with Crippen LogP contribution in [0.4, 0.5) is 5.69 Å². The second-order valence-electron chi connectivity index (χ2n) is 4.15. The van der Waals surface area contributed by atoms with E-state index in [4.69, 9.17) is 5.73 Å². The van der Waals surface area contributed by atoms with Gasteiger partial charge >= 0.3 is 0 Å². The quantitative estimate of drug-likeness (QED) is 0.934. The molecule has 0 radical (unpaired) electrons. The fraction of sp³-hybridized carbons (Fsp3) is 0.308. The second kappa shape index (κ2) is 4.92. The maximum atomic E-state index is 6.03. The molecule has 0 spiro atoms. The molecular formula is C13H16BrN3. The highest BCUT2D eigenvalue weighted by atomic mass is 79.9. The number of aromatic nitrogens is 2. The summed E-state index contributed by atoms with van der Waals surface area (Å²) >= 11 is 3.53. The smallest absolute Gasteiger partial charge is 0.116 e. The van der Waals surface area contributed by atoms with Crippen LogP contribution < -0.4 is 5.73 Å². The Morgan fingerprint density at radius 2 is 2.12 bits per heavy atom. The lowest BCUT2D eigenvalue weighted by molar-refractivity contribution is 0.479. The number of hydrogen-bond donors (Lipinski definition) is 1.